The van der Waals surface area contributed by atoms with E-state index in [0.29, 0.717) is 13.1 Å². The Balaban J connectivity index is 1.86. The minimum atomic E-state index is -4.99. The van der Waals surface area contributed by atoms with Gasteiger partial charge in [-0.1, -0.05) is 30.1 Å². The summed E-state index contributed by atoms with van der Waals surface area (Å²) in [4.78, 5) is 14.8. The summed E-state index contributed by atoms with van der Waals surface area (Å²) >= 11 is 12.3. The van der Waals surface area contributed by atoms with Crippen molar-refractivity contribution in [1.82, 2.24) is 15.5 Å². The van der Waals surface area contributed by atoms with Crippen molar-refractivity contribution in [2.75, 3.05) is 25.9 Å². The number of ether oxygens (including phenoxy) is 1. The molecule has 2 N–H and O–H groups in total. The monoisotopic (exact) mass is 567 g/mol. The van der Waals surface area contributed by atoms with Crippen LogP contribution in [0.25, 0.3) is 0 Å². The summed E-state index contributed by atoms with van der Waals surface area (Å²) in [6.45, 7) is 2.67. The van der Waals surface area contributed by atoms with Gasteiger partial charge in [0.2, 0.25) is 0 Å². The van der Waals surface area contributed by atoms with E-state index < -0.39 is 27.9 Å². The van der Waals surface area contributed by atoms with Gasteiger partial charge in [-0.25, -0.2) is 8.42 Å². The highest BCUT2D eigenvalue weighted by atomic mass is 35.5. The third-order valence-corrected chi connectivity index (χ3v) is 8.28. The summed E-state index contributed by atoms with van der Waals surface area (Å²) in [6, 6.07) is 6.65. The van der Waals surface area contributed by atoms with Crippen LogP contribution in [0.2, 0.25) is 10.0 Å². The first-order chi connectivity index (χ1) is 16.8. The van der Waals surface area contributed by atoms with Crippen molar-refractivity contribution >= 4 is 38.9 Å². The molecule has 1 aliphatic rings. The number of hydrogen-bond acceptors (Lipinski definition) is 6. The topological polar surface area (TPSA) is 87.7 Å². The molecule has 2 aromatic carbocycles. The van der Waals surface area contributed by atoms with Crippen molar-refractivity contribution in [1.29, 1.82) is 0 Å². The van der Waals surface area contributed by atoms with Crippen molar-refractivity contribution in [3.05, 3.63) is 57.1 Å². The van der Waals surface area contributed by atoms with E-state index in [-0.39, 0.29) is 56.5 Å². The smallest absolute Gasteiger partial charge is 0.405 e. The van der Waals surface area contributed by atoms with Crippen LogP contribution >= 0.6 is 23.2 Å². The number of benzene rings is 2. The molecule has 0 bridgehead atoms. The van der Waals surface area contributed by atoms with Crippen molar-refractivity contribution in [3.63, 3.8) is 0 Å². The maximum Gasteiger partial charge on any atom is 0.573 e. The zero-order valence-corrected chi connectivity index (χ0v) is 21.9. The number of likely N-dealkylation sites (N-methyl/N-ethyl adjacent to an activating group) is 1. The summed E-state index contributed by atoms with van der Waals surface area (Å²) in [7, 11) is -1.78. The Hall–Kier alpha value is -2.05. The van der Waals surface area contributed by atoms with Crippen molar-refractivity contribution in [2.24, 2.45) is 0 Å². The summed E-state index contributed by atoms with van der Waals surface area (Å²) in [6.07, 6.45) is -4.15. The van der Waals surface area contributed by atoms with Crippen LogP contribution in [0.3, 0.4) is 0 Å². The number of halogens is 5. The van der Waals surface area contributed by atoms with Crippen molar-refractivity contribution < 1.29 is 31.1 Å². The predicted molar refractivity (Wildman–Crippen MR) is 131 cm³/mol. The highest BCUT2D eigenvalue weighted by Gasteiger charge is 2.34. The van der Waals surface area contributed by atoms with Crippen LogP contribution in [-0.4, -0.2) is 57.5 Å². The number of amides is 1. The van der Waals surface area contributed by atoms with Crippen LogP contribution in [0.5, 0.6) is 5.75 Å². The molecule has 0 saturated carbocycles. The lowest BCUT2D eigenvalue weighted by Crippen LogP contribution is -2.30. The van der Waals surface area contributed by atoms with Gasteiger partial charge in [-0.3, -0.25) is 9.69 Å². The van der Waals surface area contributed by atoms with E-state index in [0.717, 1.165) is 12.5 Å². The molecule has 13 heteroatoms. The quantitative estimate of drug-likeness (QED) is 0.466. The molecule has 0 radical (unpaired) electrons. The van der Waals surface area contributed by atoms with Gasteiger partial charge in [0, 0.05) is 53.4 Å². The Morgan fingerprint density at radius 2 is 1.94 bits per heavy atom. The number of hydrogen-bond donors (Lipinski definition) is 2. The molecule has 198 valence electrons. The normalized spacial score (nSPS) is 16.8. The fourth-order valence-corrected chi connectivity index (χ4v) is 5.55. The van der Waals surface area contributed by atoms with Crippen LogP contribution in [0, 0.1) is 0 Å². The van der Waals surface area contributed by atoms with Gasteiger partial charge in [0.15, 0.2) is 9.84 Å². The standard InChI is InChI=1S/C23H26Cl2F3N3O4S/c1-3-36(33,34)21-5-4-16(24)8-15(21)11-30-22(32)14-9-19(25)18(20(10-14)35-23(26,27)28)13-31-7-6-17(12-31)29-2/h4-5,8-10,17,29H,3,6-7,11-13H2,1-2H3,(H,30,32)/t17-/m1/s1. The van der Waals surface area contributed by atoms with Gasteiger partial charge in [-0.2, -0.15) is 0 Å². The average molecular weight is 568 g/mol. The van der Waals surface area contributed by atoms with Crippen LogP contribution in [0.1, 0.15) is 34.8 Å². The second-order valence-electron chi connectivity index (χ2n) is 8.33. The number of nitrogens with zero attached hydrogens (tertiary/aromatic N) is 1. The summed E-state index contributed by atoms with van der Waals surface area (Å²) in [5.74, 6) is -1.48. The molecular weight excluding hydrogens is 542 g/mol. The van der Waals surface area contributed by atoms with Crippen molar-refractivity contribution in [3.8, 4) is 5.75 Å². The molecule has 7 nitrogen and oxygen atoms in total. The van der Waals surface area contributed by atoms with E-state index in [1.165, 1.54) is 31.2 Å². The number of likely N-dealkylation sites (tertiary alicyclic amines) is 1. The summed E-state index contributed by atoms with van der Waals surface area (Å²) in [5.41, 5.74) is 0.202. The molecular formula is C23H26Cl2F3N3O4S. The molecule has 36 heavy (non-hydrogen) atoms. The Kier molecular flexibility index (Phi) is 9.16. The van der Waals surface area contributed by atoms with Crippen LogP contribution in [0.4, 0.5) is 13.2 Å². The summed E-state index contributed by atoms with van der Waals surface area (Å²) < 4.78 is 68.5. The van der Waals surface area contributed by atoms with Crippen LogP contribution < -0.4 is 15.4 Å². The fourth-order valence-electron chi connectivity index (χ4n) is 3.97. The minimum absolute atomic E-state index is 0.00894. The van der Waals surface area contributed by atoms with Gasteiger partial charge in [0.05, 0.1) is 10.6 Å². The minimum Gasteiger partial charge on any atom is -0.405 e. The second-order valence-corrected chi connectivity index (χ2v) is 11.4. The largest absolute Gasteiger partial charge is 0.573 e. The Labute approximate surface area is 217 Å². The Bertz CT molecular complexity index is 1230. The molecule has 1 atom stereocenters. The molecule has 0 unspecified atom stereocenters. The lowest BCUT2D eigenvalue weighted by Gasteiger charge is -2.21. The molecule has 3 rings (SSSR count). The average Bonchev–Trinajstić information content (AvgIpc) is 3.26. The number of carbonyl (C=O) groups excluding carboxylic acids is 1. The van der Waals surface area contributed by atoms with Gasteiger partial charge in [0.1, 0.15) is 5.75 Å². The first-order valence-corrected chi connectivity index (χ1v) is 13.5. The number of rotatable bonds is 9. The third-order valence-electron chi connectivity index (χ3n) is 5.88. The van der Waals surface area contributed by atoms with Gasteiger partial charge >= 0.3 is 6.36 Å². The Morgan fingerprint density at radius 1 is 1.22 bits per heavy atom. The van der Waals surface area contributed by atoms with E-state index in [9.17, 15) is 26.4 Å². The maximum atomic E-state index is 13.2. The number of nitrogens with one attached hydrogen (secondary N) is 2. The molecule has 1 aliphatic heterocycles. The van der Waals surface area contributed by atoms with Gasteiger partial charge in [0.25, 0.3) is 5.91 Å². The van der Waals surface area contributed by atoms with E-state index >= 15 is 0 Å². The van der Waals surface area contributed by atoms with Gasteiger partial charge < -0.3 is 15.4 Å². The predicted octanol–water partition coefficient (Wildman–Crippen LogP) is 4.41. The molecule has 0 aliphatic carbocycles. The van der Waals surface area contributed by atoms with Crippen molar-refractivity contribution in [2.45, 2.75) is 43.7 Å². The zero-order chi connectivity index (χ0) is 26.7. The number of carbonyl (C=O) groups is 1. The zero-order valence-electron chi connectivity index (χ0n) is 19.6. The highest BCUT2D eigenvalue weighted by molar-refractivity contribution is 7.91. The lowest BCUT2D eigenvalue weighted by atomic mass is 10.1. The van der Waals surface area contributed by atoms with E-state index in [1.54, 1.807) is 0 Å². The molecule has 1 saturated heterocycles. The van der Waals surface area contributed by atoms with E-state index in [2.05, 4.69) is 15.4 Å². The molecule has 0 spiro atoms. The molecule has 1 amide bonds. The molecule has 0 aromatic heterocycles. The van der Waals surface area contributed by atoms with Crippen LogP contribution in [-0.2, 0) is 22.9 Å². The number of alkyl halides is 3. The molecule has 1 heterocycles. The second kappa shape index (κ2) is 11.6. The Morgan fingerprint density at radius 3 is 2.56 bits per heavy atom. The fraction of sp³-hybridized carbons (Fsp3) is 0.435. The number of sulfone groups is 1. The lowest BCUT2D eigenvalue weighted by molar-refractivity contribution is -0.275. The first-order valence-electron chi connectivity index (χ1n) is 11.1. The molecule has 2 aromatic rings. The SMILES string of the molecule is CCS(=O)(=O)c1ccc(Cl)cc1CNC(=O)c1cc(Cl)c(CN2CC[C@@H](NC)C2)c(OC(F)(F)F)c1. The van der Waals surface area contributed by atoms with Gasteiger partial charge in [-0.05, 0) is 49.4 Å². The third kappa shape index (κ3) is 7.25. The van der Waals surface area contributed by atoms with Crippen LogP contribution in [0.15, 0.2) is 35.2 Å². The van der Waals surface area contributed by atoms with E-state index in [4.69, 9.17) is 23.2 Å². The van der Waals surface area contributed by atoms with Gasteiger partial charge in [-0.15, -0.1) is 13.2 Å². The maximum absolute atomic E-state index is 13.2. The summed E-state index contributed by atoms with van der Waals surface area (Å²) in [5, 5.41) is 5.88. The van der Waals surface area contributed by atoms with E-state index in [1.807, 2.05) is 11.9 Å². The highest BCUT2D eigenvalue weighted by Crippen LogP contribution is 2.34. The molecule has 1 fully saturated rings. The first kappa shape index (κ1) is 28.5.